The van der Waals surface area contributed by atoms with E-state index in [1.165, 1.54) is 32.6 Å². The van der Waals surface area contributed by atoms with Gasteiger partial charge in [-0.25, -0.2) is 0 Å². The van der Waals surface area contributed by atoms with E-state index in [-0.39, 0.29) is 0 Å². The van der Waals surface area contributed by atoms with Crippen LogP contribution in [0.5, 0.6) is 0 Å². The lowest BCUT2D eigenvalue weighted by molar-refractivity contribution is 0.249. The van der Waals surface area contributed by atoms with Gasteiger partial charge in [0.1, 0.15) is 0 Å². The molecular weight excluding hydrogens is 172 g/mol. The minimum Gasteiger partial charge on any atom is -0.312 e. The van der Waals surface area contributed by atoms with Crippen molar-refractivity contribution in [3.05, 3.63) is 12.7 Å². The number of rotatable bonds is 4. The van der Waals surface area contributed by atoms with E-state index in [0.29, 0.717) is 6.04 Å². The van der Waals surface area contributed by atoms with Gasteiger partial charge in [-0.05, 0) is 31.8 Å². The number of nitrogens with one attached hydrogen (secondary N) is 1. The predicted molar refractivity (Wildman–Crippen MR) is 62.5 cm³/mol. The molecule has 0 aliphatic carbocycles. The minimum atomic E-state index is 0.669. The summed E-state index contributed by atoms with van der Waals surface area (Å²) in [5.74, 6) is 0.735. The molecule has 1 atom stereocenters. The standard InChI is InChI=1S/C12H24N2/c1-4-5-8-14-9-6-7-13-12(10-14)11(2)3/h4,11-13H,1,5-10H2,2-3H3. The molecule has 1 rings (SSSR count). The molecule has 1 unspecified atom stereocenters. The van der Waals surface area contributed by atoms with Gasteiger partial charge in [-0.1, -0.05) is 19.9 Å². The van der Waals surface area contributed by atoms with E-state index in [1.807, 2.05) is 6.08 Å². The highest BCUT2D eigenvalue weighted by molar-refractivity contribution is 4.80. The Bertz CT molecular complexity index is 166. The second-order valence-corrected chi connectivity index (χ2v) is 4.54. The van der Waals surface area contributed by atoms with Gasteiger partial charge in [0.2, 0.25) is 0 Å². The summed E-state index contributed by atoms with van der Waals surface area (Å²) >= 11 is 0. The molecule has 0 aromatic rings. The Morgan fingerprint density at radius 2 is 2.36 bits per heavy atom. The van der Waals surface area contributed by atoms with Gasteiger partial charge in [-0.15, -0.1) is 6.58 Å². The van der Waals surface area contributed by atoms with Gasteiger partial charge in [-0.2, -0.15) is 0 Å². The maximum atomic E-state index is 3.78. The molecule has 1 aliphatic rings. The fraction of sp³-hybridized carbons (Fsp3) is 0.833. The Morgan fingerprint density at radius 1 is 1.57 bits per heavy atom. The zero-order valence-electron chi connectivity index (χ0n) is 9.63. The Kier molecular flexibility index (Phi) is 5.20. The summed E-state index contributed by atoms with van der Waals surface area (Å²) < 4.78 is 0. The van der Waals surface area contributed by atoms with Crippen LogP contribution in [-0.4, -0.2) is 37.1 Å². The Morgan fingerprint density at radius 3 is 3.00 bits per heavy atom. The molecule has 1 heterocycles. The first-order valence-corrected chi connectivity index (χ1v) is 5.80. The molecular formula is C12H24N2. The molecule has 1 saturated heterocycles. The summed E-state index contributed by atoms with van der Waals surface area (Å²) in [7, 11) is 0. The van der Waals surface area contributed by atoms with Crippen molar-refractivity contribution in [2.24, 2.45) is 5.92 Å². The molecule has 82 valence electrons. The van der Waals surface area contributed by atoms with E-state index in [9.17, 15) is 0 Å². The number of hydrogen-bond donors (Lipinski definition) is 1. The fourth-order valence-corrected chi connectivity index (χ4v) is 1.95. The van der Waals surface area contributed by atoms with Crippen LogP contribution in [0.2, 0.25) is 0 Å². The van der Waals surface area contributed by atoms with E-state index in [1.54, 1.807) is 0 Å². The summed E-state index contributed by atoms with van der Waals surface area (Å²) in [5.41, 5.74) is 0. The number of nitrogens with zero attached hydrogens (tertiary/aromatic N) is 1. The van der Waals surface area contributed by atoms with Crippen LogP contribution in [-0.2, 0) is 0 Å². The minimum absolute atomic E-state index is 0.669. The molecule has 1 fully saturated rings. The summed E-state index contributed by atoms with van der Waals surface area (Å²) in [6.45, 7) is 13.2. The summed E-state index contributed by atoms with van der Waals surface area (Å²) in [5, 5.41) is 3.62. The van der Waals surface area contributed by atoms with Gasteiger partial charge < -0.3 is 10.2 Å². The highest BCUT2D eigenvalue weighted by atomic mass is 15.2. The van der Waals surface area contributed by atoms with E-state index in [0.717, 1.165) is 12.3 Å². The third-order valence-corrected chi connectivity index (χ3v) is 2.97. The van der Waals surface area contributed by atoms with Crippen molar-refractivity contribution in [3.63, 3.8) is 0 Å². The molecule has 0 aromatic carbocycles. The lowest BCUT2D eigenvalue weighted by Crippen LogP contribution is -2.41. The van der Waals surface area contributed by atoms with E-state index in [4.69, 9.17) is 0 Å². The monoisotopic (exact) mass is 196 g/mol. The Hall–Kier alpha value is -0.340. The van der Waals surface area contributed by atoms with Gasteiger partial charge in [-0.3, -0.25) is 0 Å². The molecule has 1 N–H and O–H groups in total. The van der Waals surface area contributed by atoms with Crippen LogP contribution in [0, 0.1) is 5.92 Å². The molecule has 0 saturated carbocycles. The van der Waals surface area contributed by atoms with Crippen molar-refractivity contribution < 1.29 is 0 Å². The zero-order valence-corrected chi connectivity index (χ0v) is 9.63. The van der Waals surface area contributed by atoms with Crippen molar-refractivity contribution in [1.82, 2.24) is 10.2 Å². The van der Waals surface area contributed by atoms with Crippen LogP contribution in [0.1, 0.15) is 26.7 Å². The molecule has 0 aromatic heterocycles. The Labute approximate surface area is 88.4 Å². The maximum absolute atomic E-state index is 3.78. The smallest absolute Gasteiger partial charge is 0.0217 e. The van der Waals surface area contributed by atoms with Crippen molar-refractivity contribution in [2.45, 2.75) is 32.7 Å². The molecule has 14 heavy (non-hydrogen) atoms. The third-order valence-electron chi connectivity index (χ3n) is 2.97. The molecule has 0 radical (unpaired) electrons. The first-order chi connectivity index (χ1) is 6.74. The fourth-order valence-electron chi connectivity index (χ4n) is 1.95. The van der Waals surface area contributed by atoms with Gasteiger partial charge >= 0.3 is 0 Å². The number of hydrogen-bond acceptors (Lipinski definition) is 2. The quantitative estimate of drug-likeness (QED) is 0.691. The van der Waals surface area contributed by atoms with Crippen molar-refractivity contribution in [3.8, 4) is 0 Å². The van der Waals surface area contributed by atoms with E-state index < -0.39 is 0 Å². The molecule has 1 aliphatic heterocycles. The van der Waals surface area contributed by atoms with Gasteiger partial charge in [0.25, 0.3) is 0 Å². The molecule has 2 nitrogen and oxygen atoms in total. The molecule has 0 spiro atoms. The average Bonchev–Trinajstić information content (AvgIpc) is 2.39. The van der Waals surface area contributed by atoms with Crippen LogP contribution < -0.4 is 5.32 Å². The third kappa shape index (κ3) is 3.81. The summed E-state index contributed by atoms with van der Waals surface area (Å²) in [6.07, 6.45) is 4.41. The van der Waals surface area contributed by atoms with Crippen LogP contribution >= 0.6 is 0 Å². The first-order valence-electron chi connectivity index (χ1n) is 5.80. The lowest BCUT2D eigenvalue weighted by Gasteiger charge is -2.26. The Balaban J connectivity index is 2.38. The average molecular weight is 196 g/mol. The topological polar surface area (TPSA) is 15.3 Å². The van der Waals surface area contributed by atoms with Gasteiger partial charge in [0.05, 0.1) is 0 Å². The summed E-state index contributed by atoms with van der Waals surface area (Å²) in [6, 6.07) is 0.669. The van der Waals surface area contributed by atoms with E-state index in [2.05, 4.69) is 30.6 Å². The maximum Gasteiger partial charge on any atom is 0.0217 e. The second kappa shape index (κ2) is 6.20. The SMILES string of the molecule is C=CCCN1CCCNC(C(C)C)C1. The lowest BCUT2D eigenvalue weighted by atomic mass is 10.0. The summed E-state index contributed by atoms with van der Waals surface area (Å²) in [4.78, 5) is 2.56. The van der Waals surface area contributed by atoms with Crippen LogP contribution in [0.25, 0.3) is 0 Å². The first kappa shape index (κ1) is 11.7. The van der Waals surface area contributed by atoms with Crippen LogP contribution in [0.15, 0.2) is 12.7 Å². The van der Waals surface area contributed by atoms with Crippen LogP contribution in [0.4, 0.5) is 0 Å². The second-order valence-electron chi connectivity index (χ2n) is 4.54. The van der Waals surface area contributed by atoms with Crippen molar-refractivity contribution in [1.29, 1.82) is 0 Å². The van der Waals surface area contributed by atoms with Crippen molar-refractivity contribution in [2.75, 3.05) is 26.2 Å². The normalized spacial score (nSPS) is 24.9. The predicted octanol–water partition coefficient (Wildman–Crippen LogP) is 1.88. The van der Waals surface area contributed by atoms with Crippen molar-refractivity contribution >= 4 is 0 Å². The molecule has 0 bridgehead atoms. The van der Waals surface area contributed by atoms with Crippen LogP contribution in [0.3, 0.4) is 0 Å². The zero-order chi connectivity index (χ0) is 10.4. The molecule has 2 heteroatoms. The largest absolute Gasteiger partial charge is 0.312 e. The molecule has 0 amide bonds. The highest BCUT2D eigenvalue weighted by Gasteiger charge is 2.19. The van der Waals surface area contributed by atoms with Gasteiger partial charge in [0.15, 0.2) is 0 Å². The van der Waals surface area contributed by atoms with E-state index >= 15 is 0 Å². The van der Waals surface area contributed by atoms with Gasteiger partial charge in [0, 0.05) is 19.1 Å². The highest BCUT2D eigenvalue weighted by Crippen LogP contribution is 2.08.